The Hall–Kier alpha value is -3.02. The van der Waals surface area contributed by atoms with E-state index < -0.39 is 35.3 Å². The van der Waals surface area contributed by atoms with Crippen molar-refractivity contribution < 1.29 is 27.6 Å². The second-order valence-corrected chi connectivity index (χ2v) is 10.4. The number of rotatable bonds is 5. The summed E-state index contributed by atoms with van der Waals surface area (Å²) in [6.45, 7) is 2.95. The fourth-order valence-corrected chi connectivity index (χ4v) is 5.10. The molecule has 3 aromatic rings. The van der Waals surface area contributed by atoms with Crippen molar-refractivity contribution in [2.75, 3.05) is 11.9 Å². The number of hydrogen-bond acceptors (Lipinski definition) is 4. The topological polar surface area (TPSA) is 71.4 Å². The zero-order valence-electron chi connectivity index (χ0n) is 19.3. The van der Waals surface area contributed by atoms with E-state index in [2.05, 4.69) is 21.2 Å². The Bertz CT molecular complexity index is 1470. The molecule has 1 aromatic heterocycles. The summed E-state index contributed by atoms with van der Waals surface area (Å²) < 4.78 is 41.9. The summed E-state index contributed by atoms with van der Waals surface area (Å²) >= 11 is 9.96. The first-order valence-corrected chi connectivity index (χ1v) is 12.7. The summed E-state index contributed by atoms with van der Waals surface area (Å²) in [4.78, 5) is 38.8. The Morgan fingerprint density at radius 3 is 2.54 bits per heavy atom. The van der Waals surface area contributed by atoms with Gasteiger partial charge in [-0.1, -0.05) is 17.7 Å². The van der Waals surface area contributed by atoms with Crippen molar-refractivity contribution in [2.45, 2.75) is 20.0 Å². The molecule has 37 heavy (non-hydrogen) atoms. The van der Waals surface area contributed by atoms with E-state index in [1.54, 1.807) is 42.7 Å². The number of carbonyl (C=O) groups excluding carboxylic acids is 3. The van der Waals surface area contributed by atoms with Crippen LogP contribution in [0.1, 0.15) is 22.5 Å². The molecular weight excluding hydrogens is 595 g/mol. The number of amides is 3. The monoisotopic (exact) mass is 611 g/mol. The van der Waals surface area contributed by atoms with Gasteiger partial charge in [0, 0.05) is 27.2 Å². The largest absolute Gasteiger partial charge is 0.416 e. The van der Waals surface area contributed by atoms with Crippen molar-refractivity contribution >= 4 is 68.1 Å². The van der Waals surface area contributed by atoms with E-state index in [0.717, 1.165) is 17.0 Å². The predicted octanol–water partition coefficient (Wildman–Crippen LogP) is 7.20. The number of anilines is 1. The molecule has 0 aliphatic carbocycles. The van der Waals surface area contributed by atoms with E-state index in [-0.39, 0.29) is 4.91 Å². The van der Waals surface area contributed by atoms with Gasteiger partial charge in [-0.15, -0.1) is 0 Å². The summed E-state index contributed by atoms with van der Waals surface area (Å²) in [5.74, 6) is -1.22. The third-order valence-corrected chi connectivity index (χ3v) is 7.71. The van der Waals surface area contributed by atoms with Gasteiger partial charge in [0.15, 0.2) is 0 Å². The first kappa shape index (κ1) is 27.0. The van der Waals surface area contributed by atoms with Crippen molar-refractivity contribution in [2.24, 2.45) is 0 Å². The molecule has 12 heteroatoms. The molecule has 0 atom stereocenters. The number of imide groups is 1. The summed E-state index contributed by atoms with van der Waals surface area (Å²) in [5.41, 5.74) is 1.76. The highest BCUT2D eigenvalue weighted by Gasteiger charge is 2.36. The number of aromatic nitrogens is 1. The van der Waals surface area contributed by atoms with E-state index in [9.17, 15) is 27.6 Å². The number of nitrogens with one attached hydrogen (secondary N) is 1. The normalized spacial score (nSPS) is 15.1. The van der Waals surface area contributed by atoms with Gasteiger partial charge in [0.25, 0.3) is 11.1 Å². The first-order chi connectivity index (χ1) is 17.3. The Morgan fingerprint density at radius 1 is 1.14 bits per heavy atom. The molecule has 1 aliphatic heterocycles. The molecule has 1 aliphatic rings. The van der Waals surface area contributed by atoms with Crippen LogP contribution in [0, 0.1) is 13.8 Å². The highest BCUT2D eigenvalue weighted by atomic mass is 79.9. The molecule has 1 fully saturated rings. The van der Waals surface area contributed by atoms with Crippen molar-refractivity contribution in [1.29, 1.82) is 0 Å². The lowest BCUT2D eigenvalue weighted by Gasteiger charge is -2.13. The Morgan fingerprint density at radius 2 is 1.86 bits per heavy atom. The van der Waals surface area contributed by atoms with Crippen LogP contribution >= 0.6 is 39.3 Å². The van der Waals surface area contributed by atoms with Gasteiger partial charge in [0.2, 0.25) is 5.91 Å². The molecule has 2 heterocycles. The lowest BCUT2D eigenvalue weighted by Crippen LogP contribution is -2.36. The maximum atomic E-state index is 13.2. The Kier molecular flexibility index (Phi) is 7.59. The van der Waals surface area contributed by atoms with E-state index in [1.807, 2.05) is 0 Å². The van der Waals surface area contributed by atoms with Crippen molar-refractivity contribution in [3.05, 3.63) is 85.4 Å². The molecular formula is C25H18BrClF3N3O3S. The van der Waals surface area contributed by atoms with Gasteiger partial charge in [0.05, 0.1) is 15.5 Å². The van der Waals surface area contributed by atoms with Crippen LogP contribution in [-0.2, 0) is 15.8 Å². The van der Waals surface area contributed by atoms with Gasteiger partial charge >= 0.3 is 6.18 Å². The number of carbonyl (C=O) groups is 3. The van der Waals surface area contributed by atoms with Crippen LogP contribution in [0.2, 0.25) is 5.02 Å². The third kappa shape index (κ3) is 5.78. The number of nitrogens with zero attached hydrogens (tertiary/aromatic N) is 2. The van der Waals surface area contributed by atoms with E-state index >= 15 is 0 Å². The average molecular weight is 613 g/mol. The first-order valence-electron chi connectivity index (χ1n) is 10.7. The second-order valence-electron chi connectivity index (χ2n) is 8.15. The SMILES string of the molecule is Cc1cc(/C=C2\SC(=O)N(CC(=O)Nc3ccc(Br)c(Cl)c3)C2=O)c(C)n1-c1cccc(C(F)(F)F)c1. The van der Waals surface area contributed by atoms with Crippen LogP contribution in [0.3, 0.4) is 0 Å². The molecule has 2 aromatic carbocycles. The van der Waals surface area contributed by atoms with Crippen LogP contribution < -0.4 is 5.32 Å². The van der Waals surface area contributed by atoms with Crippen LogP contribution in [-0.4, -0.2) is 33.1 Å². The molecule has 1 N–H and O–H groups in total. The molecule has 0 radical (unpaired) electrons. The van der Waals surface area contributed by atoms with Gasteiger partial charge in [0.1, 0.15) is 6.54 Å². The summed E-state index contributed by atoms with van der Waals surface area (Å²) in [7, 11) is 0. The van der Waals surface area contributed by atoms with Gasteiger partial charge in [-0.3, -0.25) is 19.3 Å². The summed E-state index contributed by atoms with van der Waals surface area (Å²) in [5, 5.41) is 2.37. The lowest BCUT2D eigenvalue weighted by atomic mass is 10.2. The molecule has 0 bridgehead atoms. The van der Waals surface area contributed by atoms with Crippen LogP contribution in [0.5, 0.6) is 0 Å². The number of hydrogen-bond donors (Lipinski definition) is 1. The number of thioether (sulfide) groups is 1. The molecule has 0 saturated carbocycles. The molecule has 3 amide bonds. The van der Waals surface area contributed by atoms with E-state index in [0.29, 0.717) is 49.6 Å². The van der Waals surface area contributed by atoms with Gasteiger partial charge in [-0.25, -0.2) is 0 Å². The Labute approximate surface area is 227 Å². The Balaban J connectivity index is 1.54. The van der Waals surface area contributed by atoms with Crippen LogP contribution in [0.4, 0.5) is 23.7 Å². The maximum Gasteiger partial charge on any atom is 0.416 e. The summed E-state index contributed by atoms with van der Waals surface area (Å²) in [6.07, 6.45) is -2.98. The highest BCUT2D eigenvalue weighted by Crippen LogP contribution is 2.35. The number of alkyl halides is 3. The van der Waals surface area contributed by atoms with Gasteiger partial charge in [-0.05, 0) is 95.6 Å². The van der Waals surface area contributed by atoms with Gasteiger partial charge < -0.3 is 9.88 Å². The molecule has 1 saturated heterocycles. The fraction of sp³-hybridized carbons (Fsp3) is 0.160. The summed E-state index contributed by atoms with van der Waals surface area (Å²) in [6, 6.07) is 11.4. The second kappa shape index (κ2) is 10.4. The zero-order chi connectivity index (χ0) is 27.1. The minimum Gasteiger partial charge on any atom is -0.324 e. The molecule has 192 valence electrons. The molecule has 6 nitrogen and oxygen atoms in total. The maximum absolute atomic E-state index is 13.2. The minimum atomic E-state index is -4.48. The zero-order valence-corrected chi connectivity index (χ0v) is 22.5. The van der Waals surface area contributed by atoms with Crippen molar-refractivity contribution in [3.63, 3.8) is 0 Å². The number of aryl methyl sites for hydroxylation is 1. The quantitative estimate of drug-likeness (QED) is 0.309. The number of benzene rings is 2. The minimum absolute atomic E-state index is 0.105. The molecule has 0 unspecified atom stereocenters. The molecule has 4 rings (SSSR count). The van der Waals surface area contributed by atoms with E-state index in [1.165, 1.54) is 18.2 Å². The van der Waals surface area contributed by atoms with Gasteiger partial charge in [-0.2, -0.15) is 13.2 Å². The smallest absolute Gasteiger partial charge is 0.324 e. The number of halogens is 5. The molecule has 0 spiro atoms. The van der Waals surface area contributed by atoms with Crippen LogP contribution in [0.15, 0.2) is 57.9 Å². The third-order valence-electron chi connectivity index (χ3n) is 5.57. The fourth-order valence-electron chi connectivity index (χ4n) is 3.85. The lowest BCUT2D eigenvalue weighted by molar-refractivity contribution is -0.137. The predicted molar refractivity (Wildman–Crippen MR) is 141 cm³/mol. The average Bonchev–Trinajstić information content (AvgIpc) is 3.24. The van der Waals surface area contributed by atoms with Crippen molar-refractivity contribution in [3.8, 4) is 5.69 Å². The van der Waals surface area contributed by atoms with E-state index in [4.69, 9.17) is 11.6 Å². The van der Waals surface area contributed by atoms with Crippen LogP contribution in [0.25, 0.3) is 11.8 Å². The standard InChI is InChI=1S/C25H18BrClF3N3O3S/c1-13-8-15(14(2)33(13)18-5-3-4-16(10-18)25(28,29)30)9-21-23(35)32(24(36)37-21)12-22(34)31-17-6-7-19(26)20(27)11-17/h3-11H,12H2,1-2H3,(H,31,34)/b21-9-. The van der Waals surface area contributed by atoms with Crippen molar-refractivity contribution in [1.82, 2.24) is 9.47 Å². The highest BCUT2D eigenvalue weighted by molar-refractivity contribution is 9.10.